The molecular formula is C33H35N3O5S. The highest BCUT2D eigenvalue weighted by molar-refractivity contribution is 7.07. The van der Waals surface area contributed by atoms with Crippen molar-refractivity contribution in [1.29, 1.82) is 0 Å². The number of esters is 1. The van der Waals surface area contributed by atoms with E-state index in [4.69, 9.17) is 19.2 Å². The third-order valence-electron chi connectivity index (χ3n) is 7.19. The molecule has 0 fully saturated rings. The Kier molecular flexibility index (Phi) is 8.49. The molecule has 0 amide bonds. The zero-order valence-electron chi connectivity index (χ0n) is 24.8. The molecule has 0 N–H and O–H groups in total. The fourth-order valence-electron chi connectivity index (χ4n) is 5.41. The number of thiazole rings is 1. The van der Waals surface area contributed by atoms with E-state index in [1.807, 2.05) is 82.3 Å². The van der Waals surface area contributed by atoms with Crippen molar-refractivity contribution in [1.82, 2.24) is 9.13 Å². The number of carbonyl (C=O) groups is 1. The second-order valence-electron chi connectivity index (χ2n) is 9.86. The summed E-state index contributed by atoms with van der Waals surface area (Å²) >= 11 is 1.31. The fraction of sp³-hybridized carbons (Fsp3) is 0.303. The van der Waals surface area contributed by atoms with Crippen molar-refractivity contribution in [3.8, 4) is 17.2 Å². The normalized spacial score (nSPS) is 14.9. The molecule has 0 bridgehead atoms. The van der Waals surface area contributed by atoms with E-state index >= 15 is 0 Å². The lowest BCUT2D eigenvalue weighted by molar-refractivity contribution is -0.139. The lowest BCUT2D eigenvalue weighted by Gasteiger charge is -2.26. The van der Waals surface area contributed by atoms with Crippen molar-refractivity contribution in [2.45, 2.75) is 47.6 Å². The summed E-state index contributed by atoms with van der Waals surface area (Å²) in [5, 5.41) is 0. The molecule has 0 spiro atoms. The topological polar surface area (TPSA) is 84.0 Å². The molecule has 9 heteroatoms. The summed E-state index contributed by atoms with van der Waals surface area (Å²) in [4.78, 5) is 32.6. The minimum Gasteiger partial charge on any atom is -0.494 e. The molecule has 0 saturated carbocycles. The Morgan fingerprint density at radius 3 is 2.38 bits per heavy atom. The number of hydrogen-bond donors (Lipinski definition) is 0. The molecule has 1 aliphatic rings. The zero-order valence-corrected chi connectivity index (χ0v) is 25.6. The Bertz CT molecular complexity index is 1840. The first-order valence-electron chi connectivity index (χ1n) is 14.1. The van der Waals surface area contributed by atoms with Gasteiger partial charge in [0.05, 0.1) is 35.6 Å². The molecule has 8 nitrogen and oxygen atoms in total. The molecule has 5 rings (SSSR count). The monoisotopic (exact) mass is 585 g/mol. The maximum Gasteiger partial charge on any atom is 0.338 e. The highest BCUT2D eigenvalue weighted by Crippen LogP contribution is 2.36. The van der Waals surface area contributed by atoms with Crippen molar-refractivity contribution >= 4 is 23.4 Å². The number of allylic oxidation sites excluding steroid dienone is 1. The van der Waals surface area contributed by atoms with Crippen LogP contribution in [-0.2, 0) is 9.53 Å². The van der Waals surface area contributed by atoms with Gasteiger partial charge < -0.3 is 18.8 Å². The molecule has 2 aromatic heterocycles. The molecular weight excluding hydrogens is 550 g/mol. The molecule has 0 radical (unpaired) electrons. The summed E-state index contributed by atoms with van der Waals surface area (Å²) in [5.41, 5.74) is 5.32. The van der Waals surface area contributed by atoms with E-state index in [1.165, 1.54) is 11.3 Å². The van der Waals surface area contributed by atoms with Crippen LogP contribution in [0.2, 0.25) is 0 Å². The van der Waals surface area contributed by atoms with Crippen LogP contribution < -0.4 is 24.4 Å². The summed E-state index contributed by atoms with van der Waals surface area (Å²) in [5.74, 6) is 0.932. The van der Waals surface area contributed by atoms with Crippen molar-refractivity contribution < 1.29 is 19.0 Å². The Balaban J connectivity index is 1.67. The van der Waals surface area contributed by atoms with Gasteiger partial charge in [0.25, 0.3) is 5.56 Å². The van der Waals surface area contributed by atoms with Crippen molar-refractivity contribution in [3.63, 3.8) is 0 Å². The second-order valence-corrected chi connectivity index (χ2v) is 10.9. The molecule has 218 valence electrons. The number of para-hydroxylation sites is 1. The zero-order chi connectivity index (χ0) is 30.0. The number of ether oxygens (including phenoxy) is 3. The molecule has 2 aromatic carbocycles. The van der Waals surface area contributed by atoms with Gasteiger partial charge in [-0.25, -0.2) is 9.79 Å². The third-order valence-corrected chi connectivity index (χ3v) is 8.18. The maximum atomic E-state index is 14.1. The van der Waals surface area contributed by atoms with Gasteiger partial charge in [-0.3, -0.25) is 9.36 Å². The first-order valence-corrected chi connectivity index (χ1v) is 14.9. The van der Waals surface area contributed by atoms with Gasteiger partial charge in [0.1, 0.15) is 17.5 Å². The summed E-state index contributed by atoms with van der Waals surface area (Å²) in [6, 6.07) is 16.8. The lowest BCUT2D eigenvalue weighted by atomic mass is 9.95. The Hall–Kier alpha value is -4.37. The summed E-state index contributed by atoms with van der Waals surface area (Å²) in [6.07, 6.45) is 1.91. The summed E-state index contributed by atoms with van der Waals surface area (Å²) in [7, 11) is 0. The van der Waals surface area contributed by atoms with Crippen LogP contribution in [0.4, 0.5) is 0 Å². The number of hydrogen-bond acceptors (Lipinski definition) is 7. The van der Waals surface area contributed by atoms with Crippen LogP contribution in [0.5, 0.6) is 11.5 Å². The SMILES string of the molecule is CCOC(=O)C1=C(C)N=c2s/c(=C\c3cc(C)n(-c4ccc(OCC)cc4)c3C)c(=O)n2[C@H]1c1ccccc1OCC. The van der Waals surface area contributed by atoms with Crippen LogP contribution in [0, 0.1) is 13.8 Å². The van der Waals surface area contributed by atoms with E-state index < -0.39 is 12.0 Å². The number of aromatic nitrogens is 2. The van der Waals surface area contributed by atoms with Crippen LogP contribution >= 0.6 is 11.3 Å². The molecule has 0 aliphatic carbocycles. The van der Waals surface area contributed by atoms with Gasteiger partial charge in [0.15, 0.2) is 4.80 Å². The number of aryl methyl sites for hydroxylation is 1. The number of benzene rings is 2. The average Bonchev–Trinajstić information content (AvgIpc) is 3.43. The smallest absolute Gasteiger partial charge is 0.338 e. The fourth-order valence-corrected chi connectivity index (χ4v) is 6.45. The van der Waals surface area contributed by atoms with E-state index in [1.54, 1.807) is 18.4 Å². The van der Waals surface area contributed by atoms with Gasteiger partial charge in [0.2, 0.25) is 0 Å². The Morgan fingerprint density at radius 2 is 1.69 bits per heavy atom. The quantitative estimate of drug-likeness (QED) is 0.258. The van der Waals surface area contributed by atoms with Crippen molar-refractivity contribution in [2.75, 3.05) is 19.8 Å². The first kappa shape index (κ1) is 29.1. The Labute approximate surface area is 248 Å². The molecule has 4 aromatic rings. The Morgan fingerprint density at radius 1 is 0.976 bits per heavy atom. The highest BCUT2D eigenvalue weighted by atomic mass is 32.1. The maximum absolute atomic E-state index is 14.1. The minimum atomic E-state index is -0.735. The standard InChI is InChI=1S/C33H35N3O5S/c1-7-39-25-16-14-24(15-17-25)35-20(4)18-23(22(35)6)19-28-31(37)36-30(26-12-10-11-13-27(26)40-8-2)29(32(38)41-9-3)21(5)34-33(36)42-28/h10-19,30H,7-9H2,1-6H3/b28-19-/t30-/m0/s1. The summed E-state index contributed by atoms with van der Waals surface area (Å²) in [6.45, 7) is 12.8. The van der Waals surface area contributed by atoms with Crippen LogP contribution in [0.15, 0.2) is 75.7 Å². The van der Waals surface area contributed by atoms with Gasteiger partial charge in [-0.1, -0.05) is 29.5 Å². The van der Waals surface area contributed by atoms with Crippen molar-refractivity contribution in [2.24, 2.45) is 4.99 Å². The average molecular weight is 586 g/mol. The van der Waals surface area contributed by atoms with Gasteiger partial charge in [-0.05, 0) is 89.6 Å². The molecule has 42 heavy (non-hydrogen) atoms. The molecule has 3 heterocycles. The van der Waals surface area contributed by atoms with Gasteiger partial charge in [-0.15, -0.1) is 0 Å². The third kappa shape index (κ3) is 5.32. The second kappa shape index (κ2) is 12.2. The van der Waals surface area contributed by atoms with E-state index in [0.717, 1.165) is 28.4 Å². The van der Waals surface area contributed by atoms with Gasteiger partial charge >= 0.3 is 5.97 Å². The predicted octanol–water partition coefficient (Wildman–Crippen LogP) is 5.00. The van der Waals surface area contributed by atoms with Crippen LogP contribution in [-0.4, -0.2) is 34.9 Å². The first-order chi connectivity index (χ1) is 20.3. The molecule has 1 atom stereocenters. The van der Waals surface area contributed by atoms with Crippen LogP contribution in [0.1, 0.15) is 56.3 Å². The predicted molar refractivity (Wildman–Crippen MR) is 164 cm³/mol. The molecule has 0 unspecified atom stereocenters. The van der Waals surface area contributed by atoms with Gasteiger partial charge in [0, 0.05) is 22.6 Å². The molecule has 1 aliphatic heterocycles. The van der Waals surface area contributed by atoms with Gasteiger partial charge in [-0.2, -0.15) is 0 Å². The van der Waals surface area contributed by atoms with E-state index in [0.29, 0.717) is 45.1 Å². The number of carbonyl (C=O) groups excluding carboxylic acids is 1. The summed E-state index contributed by atoms with van der Waals surface area (Å²) < 4.78 is 21.2. The number of rotatable bonds is 9. The molecule has 0 saturated heterocycles. The largest absolute Gasteiger partial charge is 0.494 e. The van der Waals surface area contributed by atoms with E-state index in [2.05, 4.69) is 10.6 Å². The van der Waals surface area contributed by atoms with E-state index in [-0.39, 0.29) is 12.2 Å². The van der Waals surface area contributed by atoms with E-state index in [9.17, 15) is 9.59 Å². The highest BCUT2D eigenvalue weighted by Gasteiger charge is 2.35. The van der Waals surface area contributed by atoms with Crippen molar-refractivity contribution in [3.05, 3.63) is 108 Å². The van der Waals surface area contributed by atoms with Crippen LogP contribution in [0.3, 0.4) is 0 Å². The lowest BCUT2D eigenvalue weighted by Crippen LogP contribution is -2.40. The number of fused-ring (bicyclic) bond motifs is 1. The minimum absolute atomic E-state index is 0.212. The number of nitrogens with zero attached hydrogens (tertiary/aromatic N) is 3. The van der Waals surface area contributed by atoms with Crippen LogP contribution in [0.25, 0.3) is 11.8 Å².